The zero-order chi connectivity index (χ0) is 18.5. The van der Waals surface area contributed by atoms with E-state index >= 15 is 0 Å². The Kier molecular flexibility index (Phi) is 5.50. The first-order valence-corrected chi connectivity index (χ1v) is 8.76. The molecule has 0 aromatic carbocycles. The van der Waals surface area contributed by atoms with Gasteiger partial charge < -0.3 is 14.4 Å². The fourth-order valence-electron chi connectivity index (χ4n) is 3.12. The summed E-state index contributed by atoms with van der Waals surface area (Å²) in [6.45, 7) is 2.10. The zero-order valence-corrected chi connectivity index (χ0v) is 14.9. The fourth-order valence-corrected chi connectivity index (χ4v) is 3.12. The number of aromatic nitrogens is 3. The number of carbonyl (C=O) groups excluding carboxylic acids is 2. The molecule has 1 fully saturated rings. The quantitative estimate of drug-likeness (QED) is 0.858. The maximum absolute atomic E-state index is 12.7. The van der Waals surface area contributed by atoms with Crippen LogP contribution in [0.5, 0.6) is 0 Å². The van der Waals surface area contributed by atoms with Crippen LogP contribution in [0.25, 0.3) is 0 Å². The van der Waals surface area contributed by atoms with Crippen LogP contribution in [0.3, 0.4) is 0 Å². The Hall–Kier alpha value is -2.90. The molecule has 138 valence electrons. The van der Waals surface area contributed by atoms with Gasteiger partial charge in [0, 0.05) is 52.0 Å². The maximum atomic E-state index is 12.7. The van der Waals surface area contributed by atoms with E-state index in [1.165, 1.54) is 4.57 Å². The standard InChI is InChI=1S/C18H23N5O3/c1-21-7-2-4-15(17(21)25)18(26)23-9-3-8-22(10-11-23)16(24)6-5-14-12-19-20-13-14/h2,4,7,12-13H,3,5-6,8-11H2,1H3,(H,19,20). The van der Waals surface area contributed by atoms with E-state index in [2.05, 4.69) is 10.2 Å². The average Bonchev–Trinajstić information content (AvgIpc) is 3.04. The molecule has 8 nitrogen and oxygen atoms in total. The summed E-state index contributed by atoms with van der Waals surface area (Å²) in [5, 5.41) is 6.62. The van der Waals surface area contributed by atoms with E-state index in [1.54, 1.807) is 47.6 Å². The van der Waals surface area contributed by atoms with Crippen molar-refractivity contribution < 1.29 is 9.59 Å². The summed E-state index contributed by atoms with van der Waals surface area (Å²) in [7, 11) is 1.63. The lowest BCUT2D eigenvalue weighted by Gasteiger charge is -2.22. The van der Waals surface area contributed by atoms with E-state index in [-0.39, 0.29) is 22.9 Å². The van der Waals surface area contributed by atoms with Gasteiger partial charge in [-0.3, -0.25) is 19.5 Å². The average molecular weight is 357 g/mol. The van der Waals surface area contributed by atoms with Crippen molar-refractivity contribution in [1.82, 2.24) is 24.6 Å². The van der Waals surface area contributed by atoms with Gasteiger partial charge in [-0.25, -0.2) is 0 Å². The highest BCUT2D eigenvalue weighted by Gasteiger charge is 2.24. The van der Waals surface area contributed by atoms with Crippen LogP contribution >= 0.6 is 0 Å². The molecule has 1 saturated heterocycles. The van der Waals surface area contributed by atoms with Crippen LogP contribution in [0.1, 0.15) is 28.8 Å². The SMILES string of the molecule is Cn1cccc(C(=O)N2CCCN(C(=O)CCc3cn[nH]c3)CC2)c1=O. The molecule has 2 aromatic rings. The van der Waals surface area contributed by atoms with Crippen molar-refractivity contribution >= 4 is 11.8 Å². The molecule has 26 heavy (non-hydrogen) atoms. The molecular weight excluding hydrogens is 334 g/mol. The summed E-state index contributed by atoms with van der Waals surface area (Å²) in [6.07, 6.45) is 6.91. The number of nitrogens with one attached hydrogen (secondary N) is 1. The van der Waals surface area contributed by atoms with Gasteiger partial charge in [-0.1, -0.05) is 0 Å². The lowest BCUT2D eigenvalue weighted by atomic mass is 10.2. The summed E-state index contributed by atoms with van der Waals surface area (Å²) < 4.78 is 1.40. The minimum absolute atomic E-state index is 0.0797. The van der Waals surface area contributed by atoms with Crippen LogP contribution < -0.4 is 5.56 Å². The van der Waals surface area contributed by atoms with Crippen LogP contribution in [0.2, 0.25) is 0 Å². The topological polar surface area (TPSA) is 91.3 Å². The minimum Gasteiger partial charge on any atom is -0.341 e. The van der Waals surface area contributed by atoms with Crippen LogP contribution in [-0.4, -0.2) is 62.6 Å². The first kappa shape index (κ1) is 17.9. The Balaban J connectivity index is 1.59. The van der Waals surface area contributed by atoms with Crippen molar-refractivity contribution in [3.05, 3.63) is 52.2 Å². The summed E-state index contributed by atoms with van der Waals surface area (Å²) in [4.78, 5) is 40.7. The predicted octanol–water partition coefficient (Wildman–Crippen LogP) is 0.416. The van der Waals surface area contributed by atoms with E-state index in [1.807, 2.05) is 0 Å². The second-order valence-electron chi connectivity index (χ2n) is 6.47. The molecule has 1 aliphatic rings. The second-order valence-corrected chi connectivity index (χ2v) is 6.47. The van der Waals surface area contributed by atoms with Crippen molar-refractivity contribution in [2.45, 2.75) is 19.3 Å². The number of carbonyl (C=O) groups is 2. The molecule has 0 radical (unpaired) electrons. The van der Waals surface area contributed by atoms with Gasteiger partial charge in [0.05, 0.1) is 6.20 Å². The number of H-pyrrole nitrogens is 1. The molecule has 1 aliphatic heterocycles. The third-order valence-electron chi connectivity index (χ3n) is 4.67. The van der Waals surface area contributed by atoms with Gasteiger partial charge in [-0.05, 0) is 30.5 Å². The molecule has 0 aliphatic carbocycles. The highest BCUT2D eigenvalue weighted by molar-refractivity contribution is 5.93. The van der Waals surface area contributed by atoms with Crippen LogP contribution in [0.4, 0.5) is 0 Å². The summed E-state index contributed by atoms with van der Waals surface area (Å²) in [5.41, 5.74) is 0.884. The smallest absolute Gasteiger partial charge is 0.263 e. The molecule has 0 atom stereocenters. The van der Waals surface area contributed by atoms with Gasteiger partial charge in [0.1, 0.15) is 5.56 Å². The molecule has 2 amide bonds. The van der Waals surface area contributed by atoms with E-state index in [0.717, 1.165) is 5.56 Å². The van der Waals surface area contributed by atoms with E-state index in [9.17, 15) is 14.4 Å². The molecule has 8 heteroatoms. The Morgan fingerprint density at radius 2 is 1.96 bits per heavy atom. The van der Waals surface area contributed by atoms with Gasteiger partial charge in [0.15, 0.2) is 0 Å². The molecule has 0 unspecified atom stereocenters. The number of amides is 2. The molecule has 3 rings (SSSR count). The van der Waals surface area contributed by atoms with E-state index < -0.39 is 0 Å². The lowest BCUT2D eigenvalue weighted by molar-refractivity contribution is -0.131. The normalized spacial score (nSPS) is 15.0. The van der Waals surface area contributed by atoms with E-state index in [4.69, 9.17) is 0 Å². The number of rotatable bonds is 4. The van der Waals surface area contributed by atoms with Crippen molar-refractivity contribution in [1.29, 1.82) is 0 Å². The number of aryl methyl sites for hydroxylation is 2. The number of aromatic amines is 1. The van der Waals surface area contributed by atoms with Crippen LogP contribution in [-0.2, 0) is 18.3 Å². The monoisotopic (exact) mass is 357 g/mol. The van der Waals surface area contributed by atoms with Gasteiger partial charge in [0.25, 0.3) is 11.5 Å². The number of hydrogen-bond donors (Lipinski definition) is 1. The third-order valence-corrected chi connectivity index (χ3v) is 4.67. The zero-order valence-electron chi connectivity index (χ0n) is 14.9. The number of nitrogens with zero attached hydrogens (tertiary/aromatic N) is 4. The summed E-state index contributed by atoms with van der Waals surface area (Å²) in [5.74, 6) is -0.185. The molecule has 3 heterocycles. The molecule has 0 saturated carbocycles. The highest BCUT2D eigenvalue weighted by Crippen LogP contribution is 2.10. The van der Waals surface area contributed by atoms with Crippen molar-refractivity contribution in [2.75, 3.05) is 26.2 Å². The predicted molar refractivity (Wildman–Crippen MR) is 95.7 cm³/mol. The van der Waals surface area contributed by atoms with Gasteiger partial charge in [-0.15, -0.1) is 0 Å². The molecule has 0 bridgehead atoms. The molecule has 0 spiro atoms. The van der Waals surface area contributed by atoms with E-state index in [0.29, 0.717) is 45.4 Å². The van der Waals surface area contributed by atoms with Gasteiger partial charge in [0.2, 0.25) is 5.91 Å². The van der Waals surface area contributed by atoms with Crippen LogP contribution in [0.15, 0.2) is 35.5 Å². The lowest BCUT2D eigenvalue weighted by Crippen LogP contribution is -2.39. The molecule has 1 N–H and O–H groups in total. The van der Waals surface area contributed by atoms with Crippen molar-refractivity contribution in [3.63, 3.8) is 0 Å². The first-order chi connectivity index (χ1) is 12.6. The Morgan fingerprint density at radius 1 is 1.19 bits per heavy atom. The summed E-state index contributed by atoms with van der Waals surface area (Å²) >= 11 is 0. The van der Waals surface area contributed by atoms with Crippen LogP contribution in [0, 0.1) is 0 Å². The first-order valence-electron chi connectivity index (χ1n) is 8.76. The molecular formula is C18H23N5O3. The Labute approximate surface area is 151 Å². The fraction of sp³-hybridized carbons (Fsp3) is 0.444. The number of pyridine rings is 1. The largest absolute Gasteiger partial charge is 0.341 e. The Morgan fingerprint density at radius 3 is 2.73 bits per heavy atom. The molecule has 2 aromatic heterocycles. The minimum atomic E-state index is -0.296. The van der Waals surface area contributed by atoms with Gasteiger partial charge in [-0.2, -0.15) is 5.10 Å². The van der Waals surface area contributed by atoms with Gasteiger partial charge >= 0.3 is 0 Å². The second kappa shape index (κ2) is 7.99. The van der Waals surface area contributed by atoms with Crippen molar-refractivity contribution in [3.8, 4) is 0 Å². The summed E-state index contributed by atoms with van der Waals surface area (Å²) in [6, 6.07) is 3.25. The third kappa shape index (κ3) is 4.01. The Bertz CT molecular complexity index is 828. The number of hydrogen-bond acceptors (Lipinski definition) is 4. The highest BCUT2D eigenvalue weighted by atomic mass is 16.2. The maximum Gasteiger partial charge on any atom is 0.263 e. The van der Waals surface area contributed by atoms with Crippen molar-refractivity contribution in [2.24, 2.45) is 7.05 Å².